The number of halogens is 1. The normalized spacial score (nSPS) is 18.0. The lowest BCUT2D eigenvalue weighted by molar-refractivity contribution is -0.384. The van der Waals surface area contributed by atoms with Gasteiger partial charge in [0.2, 0.25) is 4.99 Å². The van der Waals surface area contributed by atoms with Crippen molar-refractivity contribution in [2.45, 2.75) is 11.9 Å². The van der Waals surface area contributed by atoms with Gasteiger partial charge in [-0.05, 0) is 42.1 Å². The molecule has 4 aromatic carbocycles. The fraction of sp³-hybridized carbons (Fsp3) is 0.0690. The summed E-state index contributed by atoms with van der Waals surface area (Å²) in [6.45, 7) is 1.44. The predicted octanol–water partition coefficient (Wildman–Crippen LogP) is 6.79. The molecule has 0 fully saturated rings. The summed E-state index contributed by atoms with van der Waals surface area (Å²) >= 11 is 7.40. The van der Waals surface area contributed by atoms with Crippen molar-refractivity contribution in [3.05, 3.63) is 135 Å². The van der Waals surface area contributed by atoms with E-state index in [2.05, 4.69) is 0 Å². The second-order valence-electron chi connectivity index (χ2n) is 8.88. The van der Waals surface area contributed by atoms with E-state index < -0.39 is 9.92 Å². The summed E-state index contributed by atoms with van der Waals surface area (Å²) in [4.78, 5) is 23.2. The summed E-state index contributed by atoms with van der Waals surface area (Å²) in [5.74, 6) is -0.251. The van der Waals surface area contributed by atoms with Crippen molar-refractivity contribution in [3.8, 4) is 0 Å². The zero-order valence-electron chi connectivity index (χ0n) is 20.6. The number of hydrogen-bond acceptors (Lipinski definition) is 8. The molecule has 0 bridgehead atoms. The Hall–Kier alpha value is -4.47. The largest absolute Gasteiger partial charge is 0.294 e. The minimum Gasteiger partial charge on any atom is -0.292 e. The molecule has 192 valence electrons. The number of para-hydroxylation sites is 3. The van der Waals surface area contributed by atoms with Crippen molar-refractivity contribution >= 4 is 57.0 Å². The highest BCUT2D eigenvalue weighted by molar-refractivity contribution is 8.17. The number of nitrogens with zero attached hydrogens (tertiary/aromatic N) is 5. The van der Waals surface area contributed by atoms with E-state index in [1.54, 1.807) is 40.3 Å². The first kappa shape index (κ1) is 24.8. The molecule has 6 rings (SSSR count). The Morgan fingerprint density at radius 1 is 0.872 bits per heavy atom. The van der Waals surface area contributed by atoms with Crippen LogP contribution in [0.25, 0.3) is 0 Å². The van der Waals surface area contributed by atoms with Crippen LogP contribution in [0.3, 0.4) is 0 Å². The number of carbonyl (C=O) groups excluding carboxylic acids is 1. The standard InChI is InChI=1S/C29H20ClN5O3S/c1-19(36)28-32-34(25-13-7-8-14-26(25)35(37)38)29(39-28)24-12-6-5-11-23(24)27(20-15-17-21(30)18-16-20)31-33(29)22-9-3-2-4-10-22/h2-18H,1H3/t29-/m0/s1. The van der Waals surface area contributed by atoms with Gasteiger partial charge >= 0.3 is 0 Å². The fourth-order valence-electron chi connectivity index (χ4n) is 4.75. The third-order valence-corrected chi connectivity index (χ3v) is 8.13. The van der Waals surface area contributed by atoms with Gasteiger partial charge in [0.15, 0.2) is 10.8 Å². The highest BCUT2D eigenvalue weighted by atomic mass is 35.5. The molecular weight excluding hydrogens is 534 g/mol. The zero-order chi connectivity index (χ0) is 27.1. The van der Waals surface area contributed by atoms with Crippen molar-refractivity contribution in [1.82, 2.24) is 0 Å². The second-order valence-corrected chi connectivity index (χ2v) is 10.5. The molecular formula is C29H20ClN5O3S. The number of fused-ring (bicyclic) bond motifs is 2. The Labute approximate surface area is 233 Å². The van der Waals surface area contributed by atoms with E-state index in [-0.39, 0.29) is 22.2 Å². The minimum absolute atomic E-state index is 0.135. The van der Waals surface area contributed by atoms with Gasteiger partial charge in [-0.3, -0.25) is 14.9 Å². The molecule has 2 heterocycles. The molecule has 1 spiro atoms. The number of carbonyl (C=O) groups is 1. The van der Waals surface area contributed by atoms with Gasteiger partial charge in [0.05, 0.1) is 16.3 Å². The Morgan fingerprint density at radius 3 is 2.26 bits per heavy atom. The van der Waals surface area contributed by atoms with Crippen molar-refractivity contribution in [2.75, 3.05) is 10.0 Å². The quantitative estimate of drug-likeness (QED) is 0.200. The Bertz CT molecular complexity index is 1680. The molecule has 39 heavy (non-hydrogen) atoms. The van der Waals surface area contributed by atoms with E-state index in [4.69, 9.17) is 21.8 Å². The first-order valence-electron chi connectivity index (χ1n) is 12.0. The number of Topliss-reactive ketones (excluding diaryl/α,β-unsaturated/α-hetero) is 1. The van der Waals surface area contributed by atoms with E-state index in [1.165, 1.54) is 24.8 Å². The number of benzene rings is 4. The summed E-state index contributed by atoms with van der Waals surface area (Å²) in [6.07, 6.45) is 0. The Balaban J connectivity index is 1.69. The smallest absolute Gasteiger partial charge is 0.292 e. The second kappa shape index (κ2) is 9.68. The summed E-state index contributed by atoms with van der Waals surface area (Å²) in [7, 11) is 0. The van der Waals surface area contributed by atoms with Crippen LogP contribution in [0.5, 0.6) is 0 Å². The monoisotopic (exact) mass is 553 g/mol. The van der Waals surface area contributed by atoms with Crippen LogP contribution in [0, 0.1) is 10.1 Å². The van der Waals surface area contributed by atoms with Gasteiger partial charge in [-0.15, -0.1) is 0 Å². The number of hydrogen-bond donors (Lipinski definition) is 0. The van der Waals surface area contributed by atoms with Crippen LogP contribution in [0.2, 0.25) is 5.02 Å². The van der Waals surface area contributed by atoms with Crippen LogP contribution in [0.15, 0.2) is 113 Å². The number of nitro benzene ring substituents is 1. The van der Waals surface area contributed by atoms with Gasteiger partial charge in [-0.25, -0.2) is 10.0 Å². The van der Waals surface area contributed by atoms with E-state index in [0.29, 0.717) is 10.7 Å². The molecule has 2 aliphatic heterocycles. The van der Waals surface area contributed by atoms with Crippen LogP contribution in [0.1, 0.15) is 23.6 Å². The Kier molecular flexibility index (Phi) is 6.17. The van der Waals surface area contributed by atoms with E-state index >= 15 is 0 Å². The summed E-state index contributed by atoms with van der Waals surface area (Å²) in [5, 5.41) is 26.2. The maximum absolute atomic E-state index is 12.8. The van der Waals surface area contributed by atoms with Crippen molar-refractivity contribution in [2.24, 2.45) is 10.2 Å². The third-order valence-electron chi connectivity index (χ3n) is 6.46. The van der Waals surface area contributed by atoms with Gasteiger partial charge in [-0.1, -0.05) is 78.3 Å². The van der Waals surface area contributed by atoms with Gasteiger partial charge in [-0.2, -0.15) is 10.2 Å². The molecule has 10 heteroatoms. The average Bonchev–Trinajstić information content (AvgIpc) is 3.36. The van der Waals surface area contributed by atoms with Crippen LogP contribution in [-0.2, 0) is 9.79 Å². The van der Waals surface area contributed by atoms with Crippen molar-refractivity contribution < 1.29 is 9.72 Å². The molecule has 0 saturated carbocycles. The lowest BCUT2D eigenvalue weighted by Gasteiger charge is -2.46. The van der Waals surface area contributed by atoms with Gasteiger partial charge < -0.3 is 0 Å². The van der Waals surface area contributed by atoms with E-state index in [1.807, 2.05) is 66.7 Å². The van der Waals surface area contributed by atoms with Crippen LogP contribution in [-0.4, -0.2) is 21.5 Å². The molecule has 0 unspecified atom stereocenters. The molecule has 0 amide bonds. The summed E-state index contributed by atoms with van der Waals surface area (Å²) in [6, 6.07) is 31.0. The summed E-state index contributed by atoms with van der Waals surface area (Å²) < 4.78 is 0. The molecule has 1 atom stereocenters. The van der Waals surface area contributed by atoms with Gasteiger partial charge in [0.25, 0.3) is 5.69 Å². The molecule has 0 N–H and O–H groups in total. The number of thioether (sulfide) groups is 1. The molecule has 0 aromatic heterocycles. The molecule has 4 aromatic rings. The SMILES string of the molecule is CC(=O)C1=NN(c2ccccc2[N+](=O)[O-])[C@]2(S1)c1ccccc1C(c1ccc(Cl)cc1)=NN2c1ccccc1. The molecule has 0 radical (unpaired) electrons. The number of anilines is 2. The van der Waals surface area contributed by atoms with Crippen LogP contribution < -0.4 is 10.0 Å². The summed E-state index contributed by atoms with van der Waals surface area (Å²) in [5.41, 5.74) is 3.94. The predicted molar refractivity (Wildman–Crippen MR) is 155 cm³/mol. The van der Waals surface area contributed by atoms with Crippen LogP contribution in [0.4, 0.5) is 17.1 Å². The van der Waals surface area contributed by atoms with Crippen molar-refractivity contribution in [1.29, 1.82) is 0 Å². The maximum atomic E-state index is 12.8. The molecule has 0 saturated heterocycles. The topological polar surface area (TPSA) is 91.4 Å². The Morgan fingerprint density at radius 2 is 1.54 bits per heavy atom. The zero-order valence-corrected chi connectivity index (χ0v) is 22.1. The first-order chi connectivity index (χ1) is 18.9. The lowest BCUT2D eigenvalue weighted by atomic mass is 9.93. The van der Waals surface area contributed by atoms with Gasteiger partial charge in [0.1, 0.15) is 5.69 Å². The number of rotatable bonds is 5. The third kappa shape index (κ3) is 4.07. The number of nitro groups is 1. The lowest BCUT2D eigenvalue weighted by Crippen LogP contribution is -2.54. The van der Waals surface area contributed by atoms with Crippen molar-refractivity contribution in [3.63, 3.8) is 0 Å². The highest BCUT2D eigenvalue weighted by Gasteiger charge is 2.56. The highest BCUT2D eigenvalue weighted by Crippen LogP contribution is 2.56. The van der Waals surface area contributed by atoms with E-state index in [9.17, 15) is 14.9 Å². The first-order valence-corrected chi connectivity index (χ1v) is 13.2. The minimum atomic E-state index is -1.28. The van der Waals surface area contributed by atoms with Crippen LogP contribution >= 0.6 is 23.4 Å². The maximum Gasteiger partial charge on any atom is 0.294 e. The molecule has 0 aliphatic carbocycles. The number of hydrazone groups is 2. The molecule has 8 nitrogen and oxygen atoms in total. The van der Waals surface area contributed by atoms with E-state index in [0.717, 1.165) is 22.4 Å². The fourth-order valence-corrected chi connectivity index (χ4v) is 6.16. The molecule has 2 aliphatic rings. The van der Waals surface area contributed by atoms with Gasteiger partial charge in [0, 0.05) is 34.7 Å². The average molecular weight is 554 g/mol. The number of ketones is 1.